The molecule has 1 saturated heterocycles. The van der Waals surface area contributed by atoms with Crippen LogP contribution in [0.4, 0.5) is 0 Å². The maximum absolute atomic E-state index is 11.9. The Balaban J connectivity index is 1.66. The molecule has 2 heterocycles. The zero-order valence-electron chi connectivity index (χ0n) is 13.7. The molecule has 0 atom stereocenters. The van der Waals surface area contributed by atoms with Crippen LogP contribution in [0.1, 0.15) is 33.6 Å². The molecule has 0 bridgehead atoms. The van der Waals surface area contributed by atoms with Gasteiger partial charge in [0.15, 0.2) is 0 Å². The lowest BCUT2D eigenvalue weighted by atomic mass is 9.98. The molecular formula is C16H26N4O2. The van der Waals surface area contributed by atoms with Gasteiger partial charge in [0.05, 0.1) is 19.3 Å². The van der Waals surface area contributed by atoms with Crippen molar-refractivity contribution >= 4 is 5.91 Å². The van der Waals surface area contributed by atoms with Crippen molar-refractivity contribution in [3.63, 3.8) is 0 Å². The molecule has 1 amide bonds. The molecule has 1 aromatic rings. The Morgan fingerprint density at radius 3 is 2.68 bits per heavy atom. The van der Waals surface area contributed by atoms with E-state index in [0.717, 1.165) is 25.9 Å². The molecule has 0 aliphatic carbocycles. The maximum Gasteiger partial charge on any atom is 0.234 e. The maximum atomic E-state index is 11.9. The van der Waals surface area contributed by atoms with Gasteiger partial charge in [-0.05, 0) is 52.6 Å². The van der Waals surface area contributed by atoms with Crippen molar-refractivity contribution in [3.8, 4) is 5.88 Å². The van der Waals surface area contributed by atoms with Crippen LogP contribution in [0, 0.1) is 5.92 Å². The number of carbonyl (C=O) groups excluding carboxylic acids is 1. The summed E-state index contributed by atoms with van der Waals surface area (Å²) in [5, 5.41) is 3.00. The standard InChI is InChI=1S/C16H26N4O2/c1-16(2,3)19-14(21)11-20-8-4-13(5-9-20)12-22-15-10-17-6-7-18-15/h6-7,10,13H,4-5,8-9,11-12H2,1-3H3,(H,19,21). The lowest BCUT2D eigenvalue weighted by Crippen LogP contribution is -2.47. The van der Waals surface area contributed by atoms with E-state index < -0.39 is 0 Å². The minimum atomic E-state index is -0.167. The summed E-state index contributed by atoms with van der Waals surface area (Å²) in [6, 6.07) is 0. The molecular weight excluding hydrogens is 280 g/mol. The van der Waals surface area contributed by atoms with E-state index >= 15 is 0 Å². The SMILES string of the molecule is CC(C)(C)NC(=O)CN1CCC(COc2cnccn2)CC1. The first-order valence-electron chi connectivity index (χ1n) is 7.84. The second kappa shape index (κ2) is 7.54. The molecule has 6 nitrogen and oxygen atoms in total. The quantitative estimate of drug-likeness (QED) is 0.892. The van der Waals surface area contributed by atoms with Crippen LogP contribution in [0.2, 0.25) is 0 Å². The van der Waals surface area contributed by atoms with E-state index in [4.69, 9.17) is 4.74 Å². The summed E-state index contributed by atoms with van der Waals surface area (Å²) >= 11 is 0. The van der Waals surface area contributed by atoms with Crippen LogP contribution < -0.4 is 10.1 Å². The molecule has 122 valence electrons. The zero-order chi connectivity index (χ0) is 16.0. The van der Waals surface area contributed by atoms with Crippen molar-refractivity contribution in [2.24, 2.45) is 5.92 Å². The number of likely N-dealkylation sites (tertiary alicyclic amines) is 1. The van der Waals surface area contributed by atoms with Crippen LogP contribution in [-0.2, 0) is 4.79 Å². The Labute approximate surface area is 132 Å². The van der Waals surface area contributed by atoms with Crippen LogP contribution in [0.3, 0.4) is 0 Å². The Morgan fingerprint density at radius 2 is 2.09 bits per heavy atom. The largest absolute Gasteiger partial charge is 0.476 e. The zero-order valence-corrected chi connectivity index (χ0v) is 13.7. The molecule has 0 saturated carbocycles. The van der Waals surface area contributed by atoms with Gasteiger partial charge in [-0.15, -0.1) is 0 Å². The smallest absolute Gasteiger partial charge is 0.234 e. The summed E-state index contributed by atoms with van der Waals surface area (Å²) < 4.78 is 5.66. The molecule has 22 heavy (non-hydrogen) atoms. The van der Waals surface area contributed by atoms with Crippen LogP contribution in [-0.4, -0.2) is 52.6 Å². The number of amides is 1. The van der Waals surface area contributed by atoms with Gasteiger partial charge in [0, 0.05) is 17.9 Å². The normalized spacial score (nSPS) is 17.2. The average Bonchev–Trinajstić information content (AvgIpc) is 2.45. The first kappa shape index (κ1) is 16.7. The fraction of sp³-hybridized carbons (Fsp3) is 0.688. The topological polar surface area (TPSA) is 67.4 Å². The van der Waals surface area contributed by atoms with Gasteiger partial charge in [-0.1, -0.05) is 0 Å². The average molecular weight is 306 g/mol. The van der Waals surface area contributed by atoms with Crippen LogP contribution in [0.5, 0.6) is 5.88 Å². The van der Waals surface area contributed by atoms with Gasteiger partial charge < -0.3 is 10.1 Å². The molecule has 1 aliphatic heterocycles. The fourth-order valence-corrected chi connectivity index (χ4v) is 2.54. The third-order valence-electron chi connectivity index (χ3n) is 3.60. The number of hydrogen-bond donors (Lipinski definition) is 1. The molecule has 0 radical (unpaired) electrons. The Kier molecular flexibility index (Phi) is 5.71. The van der Waals surface area contributed by atoms with Gasteiger partial charge >= 0.3 is 0 Å². The van der Waals surface area contributed by atoms with Crippen LogP contribution in [0.15, 0.2) is 18.6 Å². The van der Waals surface area contributed by atoms with Gasteiger partial charge in [0.2, 0.25) is 11.8 Å². The van der Waals surface area contributed by atoms with Gasteiger partial charge in [-0.25, -0.2) is 4.98 Å². The number of nitrogens with zero attached hydrogens (tertiary/aromatic N) is 3. The van der Waals surface area contributed by atoms with Crippen LogP contribution >= 0.6 is 0 Å². The lowest BCUT2D eigenvalue weighted by molar-refractivity contribution is -0.124. The van der Waals surface area contributed by atoms with Gasteiger partial charge in [-0.3, -0.25) is 14.7 Å². The van der Waals surface area contributed by atoms with E-state index in [1.54, 1.807) is 18.6 Å². The van der Waals surface area contributed by atoms with Crippen molar-refractivity contribution in [1.82, 2.24) is 20.2 Å². The highest BCUT2D eigenvalue weighted by molar-refractivity contribution is 5.78. The lowest BCUT2D eigenvalue weighted by Gasteiger charge is -2.32. The number of nitrogens with one attached hydrogen (secondary N) is 1. The highest BCUT2D eigenvalue weighted by Crippen LogP contribution is 2.18. The van der Waals surface area contributed by atoms with Crippen molar-refractivity contribution < 1.29 is 9.53 Å². The third-order valence-corrected chi connectivity index (χ3v) is 3.60. The van der Waals surface area contributed by atoms with Gasteiger partial charge in [0.25, 0.3) is 0 Å². The highest BCUT2D eigenvalue weighted by Gasteiger charge is 2.22. The number of carbonyl (C=O) groups is 1. The van der Waals surface area contributed by atoms with E-state index in [1.807, 2.05) is 20.8 Å². The van der Waals surface area contributed by atoms with Crippen molar-refractivity contribution in [3.05, 3.63) is 18.6 Å². The Morgan fingerprint density at radius 1 is 1.36 bits per heavy atom. The van der Waals surface area contributed by atoms with E-state index in [1.165, 1.54) is 0 Å². The summed E-state index contributed by atoms with van der Waals surface area (Å²) in [7, 11) is 0. The number of rotatable bonds is 5. The summed E-state index contributed by atoms with van der Waals surface area (Å²) in [6.07, 6.45) is 6.98. The summed E-state index contributed by atoms with van der Waals surface area (Å²) in [6.45, 7) is 9.02. The summed E-state index contributed by atoms with van der Waals surface area (Å²) in [4.78, 5) is 22.2. The molecule has 1 N–H and O–H groups in total. The van der Waals surface area contributed by atoms with Crippen molar-refractivity contribution in [2.75, 3.05) is 26.2 Å². The molecule has 1 aliphatic rings. The van der Waals surface area contributed by atoms with E-state index in [0.29, 0.717) is 24.9 Å². The molecule has 6 heteroatoms. The van der Waals surface area contributed by atoms with Gasteiger partial charge in [0.1, 0.15) is 0 Å². The van der Waals surface area contributed by atoms with E-state index in [-0.39, 0.29) is 11.4 Å². The van der Waals surface area contributed by atoms with Crippen LogP contribution in [0.25, 0.3) is 0 Å². The second-order valence-electron chi connectivity index (χ2n) is 6.87. The molecule has 0 aromatic carbocycles. The first-order chi connectivity index (χ1) is 10.4. The Hall–Kier alpha value is -1.69. The Bertz CT molecular complexity index is 465. The van der Waals surface area contributed by atoms with Crippen molar-refractivity contribution in [1.29, 1.82) is 0 Å². The highest BCUT2D eigenvalue weighted by atomic mass is 16.5. The minimum Gasteiger partial charge on any atom is -0.476 e. The first-order valence-corrected chi connectivity index (χ1v) is 7.84. The van der Waals surface area contributed by atoms with E-state index in [9.17, 15) is 4.79 Å². The molecule has 0 spiro atoms. The summed E-state index contributed by atoms with van der Waals surface area (Å²) in [5.41, 5.74) is -0.167. The minimum absolute atomic E-state index is 0.0989. The van der Waals surface area contributed by atoms with E-state index in [2.05, 4.69) is 20.2 Å². The predicted octanol–water partition coefficient (Wildman–Crippen LogP) is 1.48. The number of ether oxygens (including phenoxy) is 1. The molecule has 2 rings (SSSR count). The fourth-order valence-electron chi connectivity index (χ4n) is 2.54. The molecule has 1 aromatic heterocycles. The number of piperidine rings is 1. The van der Waals surface area contributed by atoms with Gasteiger partial charge in [-0.2, -0.15) is 0 Å². The third kappa shape index (κ3) is 5.97. The second-order valence-corrected chi connectivity index (χ2v) is 6.87. The number of aromatic nitrogens is 2. The molecule has 1 fully saturated rings. The predicted molar refractivity (Wildman–Crippen MR) is 84.6 cm³/mol. The number of hydrogen-bond acceptors (Lipinski definition) is 5. The monoisotopic (exact) mass is 306 g/mol. The summed E-state index contributed by atoms with van der Waals surface area (Å²) in [5.74, 6) is 1.19. The van der Waals surface area contributed by atoms with Crippen molar-refractivity contribution in [2.45, 2.75) is 39.2 Å². The molecule has 0 unspecified atom stereocenters.